The van der Waals surface area contributed by atoms with Gasteiger partial charge in [-0.3, -0.25) is 0 Å². The van der Waals surface area contributed by atoms with Crippen LogP contribution >= 0.6 is 0 Å². The molecular weight excluding hydrogens is 226 g/mol. The van der Waals surface area contributed by atoms with E-state index in [0.29, 0.717) is 5.56 Å². The SMILES string of the molecule is CN(C)c1ccc(-c2nc(F)nc(F)n2)cc1. The molecule has 0 N–H and O–H groups in total. The van der Waals surface area contributed by atoms with Crippen LogP contribution in [-0.4, -0.2) is 29.0 Å². The monoisotopic (exact) mass is 236 g/mol. The Morgan fingerprint density at radius 1 is 0.882 bits per heavy atom. The van der Waals surface area contributed by atoms with Gasteiger partial charge < -0.3 is 4.90 Å². The van der Waals surface area contributed by atoms with E-state index in [4.69, 9.17) is 0 Å². The highest BCUT2D eigenvalue weighted by Crippen LogP contribution is 2.19. The van der Waals surface area contributed by atoms with Gasteiger partial charge in [-0.05, 0) is 24.3 Å². The van der Waals surface area contributed by atoms with E-state index in [1.165, 1.54) is 0 Å². The second-order valence-electron chi connectivity index (χ2n) is 3.64. The molecule has 1 aromatic heterocycles. The molecule has 0 amide bonds. The van der Waals surface area contributed by atoms with Gasteiger partial charge in [0.25, 0.3) is 0 Å². The standard InChI is InChI=1S/C11H10F2N4/c1-17(2)8-5-3-7(4-6-8)9-14-10(12)16-11(13)15-9/h3-6H,1-2H3. The van der Waals surface area contributed by atoms with Crippen molar-refractivity contribution in [2.45, 2.75) is 0 Å². The molecule has 0 unspecified atom stereocenters. The Hall–Kier alpha value is -2.11. The quantitative estimate of drug-likeness (QED) is 0.798. The maximum atomic E-state index is 12.8. The van der Waals surface area contributed by atoms with E-state index in [-0.39, 0.29) is 5.82 Å². The summed E-state index contributed by atoms with van der Waals surface area (Å²) in [7, 11) is 3.80. The Balaban J connectivity index is 2.39. The van der Waals surface area contributed by atoms with E-state index in [9.17, 15) is 8.78 Å². The van der Waals surface area contributed by atoms with Crippen LogP contribution in [0.1, 0.15) is 0 Å². The fraction of sp³-hybridized carbons (Fsp3) is 0.182. The van der Waals surface area contributed by atoms with Crippen molar-refractivity contribution < 1.29 is 8.78 Å². The molecule has 4 nitrogen and oxygen atoms in total. The molecule has 0 atom stereocenters. The van der Waals surface area contributed by atoms with E-state index in [0.717, 1.165) is 5.69 Å². The first-order valence-electron chi connectivity index (χ1n) is 4.91. The first kappa shape index (κ1) is 11.4. The number of rotatable bonds is 2. The number of benzene rings is 1. The molecule has 0 radical (unpaired) electrons. The average Bonchev–Trinajstić information content (AvgIpc) is 2.28. The normalized spacial score (nSPS) is 10.4. The molecule has 6 heteroatoms. The van der Waals surface area contributed by atoms with E-state index in [2.05, 4.69) is 15.0 Å². The van der Waals surface area contributed by atoms with Crippen molar-refractivity contribution in [1.82, 2.24) is 15.0 Å². The molecule has 0 spiro atoms. The summed E-state index contributed by atoms with van der Waals surface area (Å²) in [6, 6.07) is 7.02. The highest BCUT2D eigenvalue weighted by Gasteiger charge is 2.07. The summed E-state index contributed by atoms with van der Waals surface area (Å²) >= 11 is 0. The first-order valence-corrected chi connectivity index (χ1v) is 4.91. The van der Waals surface area contributed by atoms with Gasteiger partial charge in [0.1, 0.15) is 0 Å². The number of hydrogen-bond donors (Lipinski definition) is 0. The van der Waals surface area contributed by atoms with Crippen LogP contribution < -0.4 is 4.90 Å². The molecule has 2 rings (SSSR count). The fourth-order valence-electron chi connectivity index (χ4n) is 1.36. The molecule has 17 heavy (non-hydrogen) atoms. The van der Waals surface area contributed by atoms with Crippen molar-refractivity contribution in [2.24, 2.45) is 0 Å². The van der Waals surface area contributed by atoms with Crippen molar-refractivity contribution in [1.29, 1.82) is 0 Å². The van der Waals surface area contributed by atoms with Crippen LogP contribution in [0.5, 0.6) is 0 Å². The Bertz CT molecular complexity index is 505. The Morgan fingerprint density at radius 2 is 1.41 bits per heavy atom. The lowest BCUT2D eigenvalue weighted by molar-refractivity contribution is 0.457. The number of nitrogens with zero attached hydrogens (tertiary/aromatic N) is 4. The lowest BCUT2D eigenvalue weighted by Gasteiger charge is -2.12. The van der Waals surface area contributed by atoms with Gasteiger partial charge in [-0.25, -0.2) is 0 Å². The van der Waals surface area contributed by atoms with E-state index in [1.54, 1.807) is 12.1 Å². The van der Waals surface area contributed by atoms with Crippen LogP contribution in [0.2, 0.25) is 0 Å². The Labute approximate surface area is 97.0 Å². The van der Waals surface area contributed by atoms with Crippen molar-refractivity contribution in [3.63, 3.8) is 0 Å². The number of halogens is 2. The third-order valence-corrected chi connectivity index (χ3v) is 2.22. The highest BCUT2D eigenvalue weighted by atomic mass is 19.1. The zero-order valence-corrected chi connectivity index (χ0v) is 9.35. The van der Waals surface area contributed by atoms with Crippen molar-refractivity contribution in [3.05, 3.63) is 36.4 Å². The number of hydrogen-bond acceptors (Lipinski definition) is 4. The van der Waals surface area contributed by atoms with Crippen LogP contribution in [-0.2, 0) is 0 Å². The van der Waals surface area contributed by atoms with Crippen LogP contribution in [0.4, 0.5) is 14.5 Å². The second kappa shape index (κ2) is 4.40. The van der Waals surface area contributed by atoms with Gasteiger partial charge in [-0.2, -0.15) is 23.7 Å². The Kier molecular flexibility index (Phi) is 2.95. The summed E-state index contributed by atoms with van der Waals surface area (Å²) in [5.74, 6) is -0.0136. The average molecular weight is 236 g/mol. The van der Waals surface area contributed by atoms with Gasteiger partial charge in [-0.15, -0.1) is 0 Å². The minimum Gasteiger partial charge on any atom is -0.378 e. The zero-order chi connectivity index (χ0) is 12.4. The van der Waals surface area contributed by atoms with Gasteiger partial charge in [0.2, 0.25) is 0 Å². The summed E-state index contributed by atoms with van der Waals surface area (Å²) in [5.41, 5.74) is 1.51. The highest BCUT2D eigenvalue weighted by molar-refractivity contribution is 5.59. The maximum Gasteiger partial charge on any atom is 0.314 e. The van der Waals surface area contributed by atoms with E-state index < -0.39 is 12.2 Å². The summed E-state index contributed by atoms with van der Waals surface area (Å²) in [6.45, 7) is 0. The summed E-state index contributed by atoms with van der Waals surface area (Å²) < 4.78 is 25.6. The largest absolute Gasteiger partial charge is 0.378 e. The fourth-order valence-corrected chi connectivity index (χ4v) is 1.36. The van der Waals surface area contributed by atoms with Gasteiger partial charge >= 0.3 is 12.2 Å². The molecule has 0 aliphatic carbocycles. The molecule has 2 aromatic rings. The summed E-state index contributed by atoms with van der Waals surface area (Å²) in [4.78, 5) is 11.6. The molecule has 0 saturated heterocycles. The molecule has 1 heterocycles. The molecule has 88 valence electrons. The topological polar surface area (TPSA) is 41.9 Å². The smallest absolute Gasteiger partial charge is 0.314 e. The van der Waals surface area contributed by atoms with Crippen molar-refractivity contribution in [2.75, 3.05) is 19.0 Å². The van der Waals surface area contributed by atoms with Crippen LogP contribution in [0, 0.1) is 12.2 Å². The summed E-state index contributed by atoms with van der Waals surface area (Å²) in [5, 5.41) is 0. The van der Waals surface area contributed by atoms with Crippen LogP contribution in [0.15, 0.2) is 24.3 Å². The van der Waals surface area contributed by atoms with Gasteiger partial charge in [-0.1, -0.05) is 0 Å². The summed E-state index contributed by atoms with van der Waals surface area (Å²) in [6.07, 6.45) is -2.24. The third-order valence-electron chi connectivity index (χ3n) is 2.22. The van der Waals surface area contributed by atoms with Gasteiger partial charge in [0, 0.05) is 25.3 Å². The van der Waals surface area contributed by atoms with Gasteiger partial charge in [0.05, 0.1) is 0 Å². The maximum absolute atomic E-state index is 12.8. The number of anilines is 1. The number of aromatic nitrogens is 3. The minimum atomic E-state index is -1.12. The second-order valence-corrected chi connectivity index (χ2v) is 3.64. The first-order chi connectivity index (χ1) is 8.06. The van der Waals surface area contributed by atoms with Gasteiger partial charge in [0.15, 0.2) is 5.82 Å². The molecule has 0 bridgehead atoms. The molecule has 1 aromatic carbocycles. The molecule has 0 aliphatic heterocycles. The predicted molar refractivity (Wildman–Crippen MR) is 59.5 cm³/mol. The Morgan fingerprint density at radius 3 is 1.88 bits per heavy atom. The lowest BCUT2D eigenvalue weighted by Crippen LogP contribution is -2.08. The third kappa shape index (κ3) is 2.52. The zero-order valence-electron chi connectivity index (χ0n) is 9.35. The molecule has 0 aliphatic rings. The molecular formula is C11H10F2N4. The van der Waals surface area contributed by atoms with E-state index in [1.807, 2.05) is 31.1 Å². The van der Waals surface area contributed by atoms with Crippen LogP contribution in [0.25, 0.3) is 11.4 Å². The predicted octanol–water partition coefficient (Wildman–Crippen LogP) is 1.88. The van der Waals surface area contributed by atoms with E-state index >= 15 is 0 Å². The molecule has 0 fully saturated rings. The molecule has 0 saturated carbocycles. The minimum absolute atomic E-state index is 0.0136. The van der Waals surface area contributed by atoms with Crippen molar-refractivity contribution in [3.8, 4) is 11.4 Å². The van der Waals surface area contributed by atoms with Crippen LogP contribution in [0.3, 0.4) is 0 Å². The van der Waals surface area contributed by atoms with Crippen molar-refractivity contribution >= 4 is 5.69 Å². The lowest BCUT2D eigenvalue weighted by atomic mass is 10.2.